The quantitative estimate of drug-likeness (QED) is 0.380. The molecule has 2 aromatic carbocycles. The number of rotatable bonds is 6. The summed E-state index contributed by atoms with van der Waals surface area (Å²) >= 11 is 0.960. The minimum absolute atomic E-state index is 0.0554. The first kappa shape index (κ1) is 21.7. The molecule has 1 aliphatic rings. The van der Waals surface area contributed by atoms with Crippen molar-refractivity contribution in [2.75, 3.05) is 6.54 Å². The number of hydrogen-bond acceptors (Lipinski definition) is 6. The first-order valence-electron chi connectivity index (χ1n) is 9.15. The van der Waals surface area contributed by atoms with Gasteiger partial charge < -0.3 is 0 Å². The van der Waals surface area contributed by atoms with Crippen LogP contribution in [0.15, 0.2) is 62.7 Å². The van der Waals surface area contributed by atoms with Crippen molar-refractivity contribution in [3.8, 4) is 0 Å². The van der Waals surface area contributed by atoms with Crippen molar-refractivity contribution in [1.82, 2.24) is 4.90 Å². The van der Waals surface area contributed by atoms with E-state index in [0.29, 0.717) is 10.5 Å². The molecule has 8 nitrogen and oxygen atoms in total. The van der Waals surface area contributed by atoms with Crippen LogP contribution in [0.4, 0.5) is 5.69 Å². The summed E-state index contributed by atoms with van der Waals surface area (Å²) in [7, 11) is -3.98. The maximum absolute atomic E-state index is 12.7. The second-order valence-electron chi connectivity index (χ2n) is 6.36. The summed E-state index contributed by atoms with van der Waals surface area (Å²) in [6, 6.07) is 12.2. The van der Waals surface area contributed by atoms with E-state index in [4.69, 9.17) is 0 Å². The molecule has 1 heterocycles. The molecule has 0 bridgehead atoms. The number of non-ortho nitro benzene ring substituents is 1. The molecule has 1 amide bonds. The third kappa shape index (κ3) is 4.60. The Morgan fingerprint density at radius 3 is 2.27 bits per heavy atom. The van der Waals surface area contributed by atoms with Crippen LogP contribution in [0.2, 0.25) is 0 Å². The minimum Gasteiger partial charge on any atom is -0.286 e. The maximum Gasteiger partial charge on any atom is 0.284 e. The second kappa shape index (κ2) is 8.80. The molecule has 0 radical (unpaired) electrons. The molecule has 0 atom stereocenters. The van der Waals surface area contributed by atoms with Gasteiger partial charge in [0.1, 0.15) is 0 Å². The summed E-state index contributed by atoms with van der Waals surface area (Å²) in [6.07, 6.45) is 2.35. The topological polar surface area (TPSA) is 110 Å². The van der Waals surface area contributed by atoms with Crippen LogP contribution in [0.1, 0.15) is 25.0 Å². The van der Waals surface area contributed by atoms with E-state index in [1.165, 1.54) is 41.3 Å². The Hall–Kier alpha value is -2.98. The van der Waals surface area contributed by atoms with Crippen LogP contribution in [-0.2, 0) is 21.2 Å². The third-order valence-electron chi connectivity index (χ3n) is 4.43. The Morgan fingerprint density at radius 1 is 1.10 bits per heavy atom. The van der Waals surface area contributed by atoms with E-state index in [9.17, 15) is 23.3 Å². The molecule has 1 fully saturated rings. The zero-order chi connectivity index (χ0) is 21.9. The molecule has 0 unspecified atom stereocenters. The number of amidine groups is 1. The third-order valence-corrected chi connectivity index (χ3v) is 6.84. The van der Waals surface area contributed by atoms with Gasteiger partial charge in [0.05, 0.1) is 14.7 Å². The van der Waals surface area contributed by atoms with Gasteiger partial charge >= 0.3 is 0 Å². The van der Waals surface area contributed by atoms with Gasteiger partial charge in [0.2, 0.25) is 0 Å². The molecule has 156 valence electrons. The number of nitrogens with zero attached hydrogens (tertiary/aromatic N) is 3. The summed E-state index contributed by atoms with van der Waals surface area (Å²) in [6.45, 7) is 3.96. The fourth-order valence-electron chi connectivity index (χ4n) is 2.75. The van der Waals surface area contributed by atoms with Crippen molar-refractivity contribution in [1.29, 1.82) is 0 Å². The largest absolute Gasteiger partial charge is 0.286 e. The summed E-state index contributed by atoms with van der Waals surface area (Å²) in [4.78, 5) is 24.6. The summed E-state index contributed by atoms with van der Waals surface area (Å²) in [5.74, 6) is -0.365. The Balaban J connectivity index is 1.91. The van der Waals surface area contributed by atoms with E-state index in [1.807, 2.05) is 6.92 Å². The molecule has 3 rings (SSSR count). The fraction of sp³-hybridized carbons (Fsp3) is 0.200. The molecule has 0 aliphatic carbocycles. The molecular formula is C20H19N3O5S2. The molecular weight excluding hydrogens is 426 g/mol. The molecule has 2 aromatic rings. The maximum atomic E-state index is 12.7. The minimum atomic E-state index is -3.98. The van der Waals surface area contributed by atoms with Crippen LogP contribution < -0.4 is 0 Å². The summed E-state index contributed by atoms with van der Waals surface area (Å²) < 4.78 is 29.3. The van der Waals surface area contributed by atoms with Crippen molar-refractivity contribution in [3.63, 3.8) is 0 Å². The highest BCUT2D eigenvalue weighted by atomic mass is 32.2. The van der Waals surface area contributed by atoms with Gasteiger partial charge in [-0.2, -0.15) is 8.42 Å². The van der Waals surface area contributed by atoms with Crippen molar-refractivity contribution in [3.05, 3.63) is 74.7 Å². The highest BCUT2D eigenvalue weighted by molar-refractivity contribution is 8.19. The lowest BCUT2D eigenvalue weighted by Crippen LogP contribution is -2.29. The number of likely N-dealkylation sites (N-methyl/N-ethyl adjacent to an activating group) is 1. The zero-order valence-corrected chi connectivity index (χ0v) is 17.9. The molecule has 1 aliphatic heterocycles. The lowest BCUT2D eigenvalue weighted by atomic mass is 10.2. The molecule has 0 aromatic heterocycles. The summed E-state index contributed by atoms with van der Waals surface area (Å²) in [5, 5.41) is 10.9. The number of benzene rings is 2. The molecule has 30 heavy (non-hydrogen) atoms. The van der Waals surface area contributed by atoms with E-state index in [0.717, 1.165) is 23.7 Å². The van der Waals surface area contributed by atoms with E-state index in [-0.39, 0.29) is 28.2 Å². The average Bonchev–Trinajstić information content (AvgIpc) is 3.01. The molecule has 1 saturated heterocycles. The van der Waals surface area contributed by atoms with Crippen LogP contribution in [0, 0.1) is 10.1 Å². The van der Waals surface area contributed by atoms with Gasteiger partial charge in [-0.05, 0) is 66.6 Å². The van der Waals surface area contributed by atoms with Gasteiger partial charge in [-0.1, -0.05) is 19.1 Å². The second-order valence-corrected chi connectivity index (χ2v) is 8.97. The van der Waals surface area contributed by atoms with Crippen molar-refractivity contribution >= 4 is 44.6 Å². The molecule has 0 N–H and O–H groups in total. The summed E-state index contributed by atoms with van der Waals surface area (Å²) in [5.41, 5.74) is 1.54. The number of nitro groups is 1. The normalized spacial score (nSPS) is 17.1. The number of carbonyl (C=O) groups is 1. The van der Waals surface area contributed by atoms with Gasteiger partial charge in [0.25, 0.3) is 21.6 Å². The first-order chi connectivity index (χ1) is 14.2. The average molecular weight is 446 g/mol. The number of thioether (sulfide) groups is 1. The van der Waals surface area contributed by atoms with Crippen LogP contribution >= 0.6 is 11.8 Å². The number of hydrogen-bond donors (Lipinski definition) is 0. The highest BCUT2D eigenvalue weighted by Gasteiger charge is 2.34. The fourth-order valence-corrected chi connectivity index (χ4v) is 5.00. The van der Waals surface area contributed by atoms with Gasteiger partial charge in [-0.15, -0.1) is 4.40 Å². The Kier molecular flexibility index (Phi) is 6.37. The number of sulfonamides is 1. The van der Waals surface area contributed by atoms with E-state index >= 15 is 0 Å². The first-order valence-corrected chi connectivity index (χ1v) is 11.4. The van der Waals surface area contributed by atoms with Crippen molar-refractivity contribution in [2.45, 2.75) is 25.2 Å². The molecule has 0 spiro atoms. The van der Waals surface area contributed by atoms with Crippen LogP contribution in [0.5, 0.6) is 0 Å². The van der Waals surface area contributed by atoms with E-state index in [1.54, 1.807) is 25.1 Å². The lowest BCUT2D eigenvalue weighted by molar-refractivity contribution is -0.384. The standard InChI is InChI=1S/C20H19N3O5S2/c1-3-14-7-11-17(12-8-14)30(27,28)21-20-22(4-2)19(24)18(29-20)13-15-5-9-16(10-6-15)23(25)26/h5-13H,3-4H2,1-2H3/b18-13-,21-20+. The SMILES string of the molecule is CCc1ccc(S(=O)(=O)/N=C2/S/C(=C\c3ccc([N+](=O)[O-])cc3)C(=O)N2CC)cc1. The molecule has 10 heteroatoms. The Labute approximate surface area is 178 Å². The molecule has 0 saturated carbocycles. The van der Waals surface area contributed by atoms with Crippen molar-refractivity contribution < 1.29 is 18.1 Å². The van der Waals surface area contributed by atoms with E-state index in [2.05, 4.69) is 4.40 Å². The smallest absolute Gasteiger partial charge is 0.284 e. The van der Waals surface area contributed by atoms with Crippen LogP contribution in [0.3, 0.4) is 0 Å². The van der Waals surface area contributed by atoms with Gasteiger partial charge in [0.15, 0.2) is 5.17 Å². The van der Waals surface area contributed by atoms with Crippen LogP contribution in [0.25, 0.3) is 6.08 Å². The predicted molar refractivity (Wildman–Crippen MR) is 116 cm³/mol. The number of aryl methyl sites for hydroxylation is 1. The van der Waals surface area contributed by atoms with Gasteiger partial charge in [-0.3, -0.25) is 19.8 Å². The number of amides is 1. The Morgan fingerprint density at radius 2 is 1.73 bits per heavy atom. The van der Waals surface area contributed by atoms with Gasteiger partial charge in [-0.25, -0.2) is 0 Å². The highest BCUT2D eigenvalue weighted by Crippen LogP contribution is 2.33. The van der Waals surface area contributed by atoms with Gasteiger partial charge in [0, 0.05) is 18.7 Å². The predicted octanol–water partition coefficient (Wildman–Crippen LogP) is 3.84. The number of nitro benzene ring substituents is 1. The zero-order valence-electron chi connectivity index (χ0n) is 16.3. The van der Waals surface area contributed by atoms with Crippen LogP contribution in [-0.4, -0.2) is 35.9 Å². The Bertz CT molecular complexity index is 1140. The number of carbonyl (C=O) groups excluding carboxylic acids is 1. The lowest BCUT2D eigenvalue weighted by Gasteiger charge is -2.12. The monoisotopic (exact) mass is 445 g/mol. The van der Waals surface area contributed by atoms with Crippen molar-refractivity contribution in [2.24, 2.45) is 4.40 Å². The van der Waals surface area contributed by atoms with E-state index < -0.39 is 14.9 Å².